The number of hydrogen-bond donors (Lipinski definition) is 2. The number of thiophene rings is 1. The van der Waals surface area contributed by atoms with E-state index in [0.29, 0.717) is 0 Å². The highest BCUT2D eigenvalue weighted by Gasteiger charge is 2.16. The van der Waals surface area contributed by atoms with Gasteiger partial charge in [-0.15, -0.1) is 11.3 Å². The third-order valence-corrected chi connectivity index (χ3v) is 4.33. The predicted octanol–water partition coefficient (Wildman–Crippen LogP) is 3.67. The maximum atomic E-state index is 9.01. The van der Waals surface area contributed by atoms with E-state index in [9.17, 15) is 0 Å². The number of benzene rings is 1. The van der Waals surface area contributed by atoms with Gasteiger partial charge in [0.25, 0.3) is 0 Å². The molecule has 3 heteroatoms. The van der Waals surface area contributed by atoms with Gasteiger partial charge < -0.3 is 10.4 Å². The molecule has 0 bridgehead atoms. The molecule has 0 unspecified atom stereocenters. The Labute approximate surface area is 119 Å². The monoisotopic (exact) mass is 275 g/mol. The Kier molecular flexibility index (Phi) is 4.75. The summed E-state index contributed by atoms with van der Waals surface area (Å²) in [5, 5.41) is 12.5. The van der Waals surface area contributed by atoms with Crippen molar-refractivity contribution in [1.82, 2.24) is 5.32 Å². The van der Waals surface area contributed by atoms with Crippen molar-refractivity contribution in [2.75, 3.05) is 6.61 Å². The fourth-order valence-electron chi connectivity index (χ4n) is 1.92. The summed E-state index contributed by atoms with van der Waals surface area (Å²) in [6.45, 7) is 5.31. The third kappa shape index (κ3) is 4.16. The lowest BCUT2D eigenvalue weighted by Crippen LogP contribution is -2.39. The molecule has 0 saturated carbocycles. The topological polar surface area (TPSA) is 32.3 Å². The summed E-state index contributed by atoms with van der Waals surface area (Å²) in [5.41, 5.74) is 1.25. The standard InChI is InChI=1S/C16H21NOS/c1-16(2,10-11-18)17-12-14-8-9-15(19-14)13-6-4-3-5-7-13/h3-9,17-18H,10-12H2,1-2H3. The van der Waals surface area contributed by atoms with E-state index in [1.807, 2.05) is 17.4 Å². The Bertz CT molecular complexity index is 504. The molecule has 0 fully saturated rings. The molecule has 2 N–H and O–H groups in total. The minimum atomic E-state index is -0.0222. The highest BCUT2D eigenvalue weighted by Crippen LogP contribution is 2.28. The Morgan fingerprint density at radius 2 is 1.84 bits per heavy atom. The van der Waals surface area contributed by atoms with Gasteiger partial charge >= 0.3 is 0 Å². The maximum Gasteiger partial charge on any atom is 0.0448 e. The molecule has 0 spiro atoms. The van der Waals surface area contributed by atoms with Gasteiger partial charge in [-0.1, -0.05) is 30.3 Å². The maximum absolute atomic E-state index is 9.01. The van der Waals surface area contributed by atoms with Crippen LogP contribution in [0.5, 0.6) is 0 Å². The molecular formula is C16H21NOS. The lowest BCUT2D eigenvalue weighted by molar-refractivity contribution is 0.230. The zero-order valence-electron chi connectivity index (χ0n) is 11.5. The second-order valence-corrected chi connectivity index (χ2v) is 6.51. The highest BCUT2D eigenvalue weighted by atomic mass is 32.1. The first-order valence-electron chi connectivity index (χ1n) is 6.61. The summed E-state index contributed by atoms with van der Waals surface area (Å²) in [4.78, 5) is 2.63. The highest BCUT2D eigenvalue weighted by molar-refractivity contribution is 7.15. The molecule has 2 rings (SSSR count). The van der Waals surface area contributed by atoms with E-state index < -0.39 is 0 Å². The van der Waals surface area contributed by atoms with Crippen molar-refractivity contribution in [3.8, 4) is 10.4 Å². The summed E-state index contributed by atoms with van der Waals surface area (Å²) in [6.07, 6.45) is 0.768. The van der Waals surface area contributed by atoms with E-state index in [4.69, 9.17) is 5.11 Å². The SMILES string of the molecule is CC(C)(CCO)NCc1ccc(-c2ccccc2)s1. The van der Waals surface area contributed by atoms with E-state index >= 15 is 0 Å². The Morgan fingerprint density at radius 3 is 2.53 bits per heavy atom. The molecule has 2 nitrogen and oxygen atoms in total. The first-order valence-corrected chi connectivity index (χ1v) is 7.42. The molecule has 1 aromatic heterocycles. The minimum Gasteiger partial charge on any atom is -0.396 e. The van der Waals surface area contributed by atoms with Gasteiger partial charge in [0.1, 0.15) is 0 Å². The molecule has 1 heterocycles. The van der Waals surface area contributed by atoms with Crippen molar-refractivity contribution in [3.05, 3.63) is 47.3 Å². The number of hydrogen-bond acceptors (Lipinski definition) is 3. The second-order valence-electron chi connectivity index (χ2n) is 5.34. The lowest BCUT2D eigenvalue weighted by Gasteiger charge is -2.25. The van der Waals surface area contributed by atoms with Crippen LogP contribution in [0.15, 0.2) is 42.5 Å². The minimum absolute atomic E-state index is 0.0222. The summed E-state index contributed by atoms with van der Waals surface area (Å²) in [6, 6.07) is 14.8. The summed E-state index contributed by atoms with van der Waals surface area (Å²) in [5.74, 6) is 0. The van der Waals surface area contributed by atoms with Crippen molar-refractivity contribution in [2.45, 2.75) is 32.4 Å². The largest absolute Gasteiger partial charge is 0.396 e. The smallest absolute Gasteiger partial charge is 0.0448 e. The van der Waals surface area contributed by atoms with E-state index in [1.165, 1.54) is 15.3 Å². The first kappa shape index (κ1) is 14.3. The van der Waals surface area contributed by atoms with Gasteiger partial charge in [0, 0.05) is 28.4 Å². The normalized spacial score (nSPS) is 11.7. The predicted molar refractivity (Wildman–Crippen MR) is 82.4 cm³/mol. The van der Waals surface area contributed by atoms with Crippen LogP contribution in [0.3, 0.4) is 0 Å². The number of rotatable bonds is 6. The molecule has 0 aliphatic carbocycles. The molecule has 0 amide bonds. The van der Waals surface area contributed by atoms with Crippen LogP contribution >= 0.6 is 11.3 Å². The van der Waals surface area contributed by atoms with Gasteiger partial charge in [0.2, 0.25) is 0 Å². The summed E-state index contributed by atoms with van der Waals surface area (Å²) >= 11 is 1.82. The van der Waals surface area contributed by atoms with Gasteiger partial charge in [0.05, 0.1) is 0 Å². The van der Waals surface area contributed by atoms with Gasteiger partial charge in [-0.05, 0) is 38.0 Å². The third-order valence-electron chi connectivity index (χ3n) is 3.20. The zero-order valence-corrected chi connectivity index (χ0v) is 12.3. The van der Waals surface area contributed by atoms with Crippen LogP contribution in [-0.2, 0) is 6.54 Å². The van der Waals surface area contributed by atoms with Crippen molar-refractivity contribution in [3.63, 3.8) is 0 Å². The van der Waals surface area contributed by atoms with Crippen LogP contribution in [0.2, 0.25) is 0 Å². The fourth-order valence-corrected chi connectivity index (χ4v) is 2.88. The fraction of sp³-hybridized carbons (Fsp3) is 0.375. The molecular weight excluding hydrogens is 254 g/mol. The van der Waals surface area contributed by atoms with Crippen LogP contribution in [0.1, 0.15) is 25.1 Å². The summed E-state index contributed by atoms with van der Waals surface area (Å²) in [7, 11) is 0. The number of aliphatic hydroxyl groups excluding tert-OH is 1. The molecule has 0 saturated heterocycles. The van der Waals surface area contributed by atoms with Gasteiger partial charge in [-0.2, -0.15) is 0 Å². The van der Waals surface area contributed by atoms with Gasteiger partial charge in [-0.25, -0.2) is 0 Å². The molecule has 0 radical (unpaired) electrons. The number of aliphatic hydroxyl groups is 1. The van der Waals surface area contributed by atoms with Crippen LogP contribution in [0, 0.1) is 0 Å². The van der Waals surface area contributed by atoms with Crippen molar-refractivity contribution < 1.29 is 5.11 Å². The van der Waals surface area contributed by atoms with Gasteiger partial charge in [-0.3, -0.25) is 0 Å². The summed E-state index contributed by atoms with van der Waals surface area (Å²) < 4.78 is 0. The molecule has 19 heavy (non-hydrogen) atoms. The molecule has 0 aliphatic rings. The Morgan fingerprint density at radius 1 is 1.11 bits per heavy atom. The Balaban J connectivity index is 1.99. The van der Waals surface area contributed by atoms with Crippen molar-refractivity contribution >= 4 is 11.3 Å². The van der Waals surface area contributed by atoms with E-state index in [-0.39, 0.29) is 12.1 Å². The van der Waals surface area contributed by atoms with Gasteiger partial charge in [0.15, 0.2) is 0 Å². The average molecular weight is 275 g/mol. The van der Waals surface area contributed by atoms with E-state index in [0.717, 1.165) is 13.0 Å². The molecule has 2 aromatic rings. The van der Waals surface area contributed by atoms with E-state index in [2.05, 4.69) is 55.6 Å². The van der Waals surface area contributed by atoms with E-state index in [1.54, 1.807) is 0 Å². The molecule has 102 valence electrons. The molecule has 0 aliphatic heterocycles. The molecule has 1 aromatic carbocycles. The quantitative estimate of drug-likeness (QED) is 0.843. The van der Waals surface area contributed by atoms with Crippen molar-refractivity contribution in [1.29, 1.82) is 0 Å². The zero-order chi connectivity index (χ0) is 13.7. The lowest BCUT2D eigenvalue weighted by atomic mass is 10.0. The van der Waals surface area contributed by atoms with Crippen molar-refractivity contribution in [2.24, 2.45) is 0 Å². The second kappa shape index (κ2) is 6.33. The van der Waals surface area contributed by atoms with Crippen LogP contribution in [0.25, 0.3) is 10.4 Å². The first-order chi connectivity index (χ1) is 9.11. The van der Waals surface area contributed by atoms with Crippen LogP contribution in [0.4, 0.5) is 0 Å². The van der Waals surface area contributed by atoms with Crippen LogP contribution in [-0.4, -0.2) is 17.3 Å². The van der Waals surface area contributed by atoms with Crippen LogP contribution < -0.4 is 5.32 Å². The average Bonchev–Trinajstić information content (AvgIpc) is 2.86. The Hall–Kier alpha value is -1.16. The molecule has 0 atom stereocenters. The number of nitrogens with one attached hydrogen (secondary N) is 1.